The lowest BCUT2D eigenvalue weighted by atomic mass is 10.1. The van der Waals surface area contributed by atoms with Crippen LogP contribution in [0.1, 0.15) is 47.6 Å². The average molecular weight is 334 g/mol. The number of methoxy groups -OCH3 is 1. The molecule has 4 nitrogen and oxygen atoms in total. The highest BCUT2D eigenvalue weighted by Gasteiger charge is 2.25. The summed E-state index contributed by atoms with van der Waals surface area (Å²) in [5, 5.41) is 1.11. The van der Waals surface area contributed by atoms with E-state index in [1.807, 2.05) is 30.5 Å². The number of carbonyl (C=O) groups is 1. The fourth-order valence-electron chi connectivity index (χ4n) is 4.08. The highest BCUT2D eigenvalue weighted by Crippen LogP contribution is 2.40. The van der Waals surface area contributed by atoms with Crippen LogP contribution in [-0.2, 0) is 4.74 Å². The van der Waals surface area contributed by atoms with Gasteiger partial charge in [-0.15, -0.1) is 0 Å². The number of aryl methyl sites for hydroxylation is 1. The first-order valence-corrected chi connectivity index (χ1v) is 8.85. The van der Waals surface area contributed by atoms with Crippen molar-refractivity contribution in [3.05, 3.63) is 53.7 Å². The molecule has 128 valence electrons. The van der Waals surface area contributed by atoms with Crippen LogP contribution in [0, 0.1) is 6.92 Å². The van der Waals surface area contributed by atoms with Gasteiger partial charge in [-0.3, -0.25) is 4.98 Å². The van der Waals surface area contributed by atoms with E-state index in [4.69, 9.17) is 4.74 Å². The number of ether oxygens (including phenoxy) is 1. The normalized spacial score (nSPS) is 15.0. The fourth-order valence-corrected chi connectivity index (χ4v) is 4.08. The number of aromatic nitrogens is 2. The maximum atomic E-state index is 11.9. The van der Waals surface area contributed by atoms with E-state index in [0.717, 1.165) is 11.1 Å². The van der Waals surface area contributed by atoms with Gasteiger partial charge in [-0.25, -0.2) is 4.79 Å². The van der Waals surface area contributed by atoms with Crippen LogP contribution in [0.4, 0.5) is 0 Å². The number of hydrogen-bond donors (Lipinski definition) is 0. The van der Waals surface area contributed by atoms with Gasteiger partial charge in [0.05, 0.1) is 24.1 Å². The number of pyridine rings is 1. The summed E-state index contributed by atoms with van der Waals surface area (Å²) in [6.45, 7) is 2.12. The van der Waals surface area contributed by atoms with E-state index < -0.39 is 0 Å². The first-order chi connectivity index (χ1) is 12.2. The van der Waals surface area contributed by atoms with Gasteiger partial charge in [0, 0.05) is 23.1 Å². The summed E-state index contributed by atoms with van der Waals surface area (Å²) in [5.41, 5.74) is 5.10. The quantitative estimate of drug-likeness (QED) is 0.639. The van der Waals surface area contributed by atoms with Crippen molar-refractivity contribution in [3.63, 3.8) is 0 Å². The molecule has 1 saturated carbocycles. The Kier molecular flexibility index (Phi) is 4.04. The molecule has 1 fully saturated rings. The maximum absolute atomic E-state index is 11.9. The lowest BCUT2D eigenvalue weighted by Crippen LogP contribution is -2.07. The molecular weight excluding hydrogens is 312 g/mol. The van der Waals surface area contributed by atoms with Crippen molar-refractivity contribution >= 4 is 16.9 Å². The number of carbonyl (C=O) groups excluding carboxylic acids is 1. The highest BCUT2D eigenvalue weighted by molar-refractivity contribution is 5.98. The summed E-state index contributed by atoms with van der Waals surface area (Å²) in [6.07, 6.45) is 6.77. The molecule has 1 aliphatic carbocycles. The molecule has 4 heteroatoms. The Balaban J connectivity index is 1.99. The van der Waals surface area contributed by atoms with Crippen LogP contribution in [0.15, 0.2) is 42.6 Å². The molecule has 4 rings (SSSR count). The van der Waals surface area contributed by atoms with Gasteiger partial charge >= 0.3 is 5.97 Å². The van der Waals surface area contributed by atoms with Crippen molar-refractivity contribution < 1.29 is 9.53 Å². The second kappa shape index (κ2) is 6.36. The van der Waals surface area contributed by atoms with E-state index in [-0.39, 0.29) is 5.97 Å². The largest absolute Gasteiger partial charge is 0.465 e. The van der Waals surface area contributed by atoms with Crippen LogP contribution in [-0.4, -0.2) is 22.6 Å². The third-order valence-corrected chi connectivity index (χ3v) is 5.27. The minimum absolute atomic E-state index is 0.297. The van der Waals surface area contributed by atoms with Crippen LogP contribution >= 0.6 is 0 Å². The first kappa shape index (κ1) is 15.9. The van der Waals surface area contributed by atoms with Crippen molar-refractivity contribution in [2.45, 2.75) is 38.6 Å². The van der Waals surface area contributed by atoms with Crippen molar-refractivity contribution in [2.75, 3.05) is 7.11 Å². The van der Waals surface area contributed by atoms with Gasteiger partial charge < -0.3 is 9.30 Å². The molecule has 2 heterocycles. The molecule has 1 aliphatic rings. The van der Waals surface area contributed by atoms with E-state index in [2.05, 4.69) is 28.6 Å². The Bertz CT molecular complexity index is 922. The van der Waals surface area contributed by atoms with Gasteiger partial charge in [-0.05, 0) is 55.7 Å². The van der Waals surface area contributed by atoms with Crippen LogP contribution in [0.3, 0.4) is 0 Å². The number of esters is 1. The molecule has 0 atom stereocenters. The molecular formula is C21H22N2O2. The molecule has 0 bridgehead atoms. The van der Waals surface area contributed by atoms with Crippen LogP contribution in [0.2, 0.25) is 0 Å². The van der Waals surface area contributed by atoms with Crippen LogP contribution < -0.4 is 0 Å². The summed E-state index contributed by atoms with van der Waals surface area (Å²) in [4.78, 5) is 16.5. The molecule has 0 N–H and O–H groups in total. The van der Waals surface area contributed by atoms with E-state index in [0.29, 0.717) is 11.6 Å². The van der Waals surface area contributed by atoms with E-state index in [1.165, 1.54) is 49.6 Å². The third kappa shape index (κ3) is 2.62. The molecule has 25 heavy (non-hydrogen) atoms. The summed E-state index contributed by atoms with van der Waals surface area (Å²) in [6, 6.07) is 12.4. The maximum Gasteiger partial charge on any atom is 0.337 e. The molecule has 2 aromatic heterocycles. The average Bonchev–Trinajstić information content (AvgIpc) is 3.28. The van der Waals surface area contributed by atoms with Gasteiger partial charge in [0.15, 0.2) is 0 Å². The molecule has 1 aromatic carbocycles. The number of nitrogens with zero attached hydrogens (tertiary/aromatic N) is 2. The molecule has 0 saturated heterocycles. The smallest absolute Gasteiger partial charge is 0.337 e. The Labute approximate surface area is 147 Å². The molecule has 0 radical (unpaired) electrons. The lowest BCUT2D eigenvalue weighted by molar-refractivity contribution is 0.0601. The van der Waals surface area contributed by atoms with Gasteiger partial charge in [0.1, 0.15) is 0 Å². The number of hydrogen-bond acceptors (Lipinski definition) is 3. The zero-order valence-electron chi connectivity index (χ0n) is 14.7. The third-order valence-electron chi connectivity index (χ3n) is 5.27. The summed E-state index contributed by atoms with van der Waals surface area (Å²) in [5.74, 6) is -0.297. The minimum Gasteiger partial charge on any atom is -0.465 e. The van der Waals surface area contributed by atoms with Crippen molar-refractivity contribution in [3.8, 4) is 11.4 Å². The predicted molar refractivity (Wildman–Crippen MR) is 98.8 cm³/mol. The summed E-state index contributed by atoms with van der Waals surface area (Å²) >= 11 is 0. The Morgan fingerprint density at radius 1 is 1.20 bits per heavy atom. The van der Waals surface area contributed by atoms with Crippen LogP contribution in [0.5, 0.6) is 0 Å². The van der Waals surface area contributed by atoms with E-state index in [9.17, 15) is 4.79 Å². The number of rotatable bonds is 3. The summed E-state index contributed by atoms with van der Waals surface area (Å²) < 4.78 is 7.33. The topological polar surface area (TPSA) is 44.1 Å². The van der Waals surface area contributed by atoms with E-state index in [1.54, 1.807) is 0 Å². The van der Waals surface area contributed by atoms with Gasteiger partial charge in [-0.1, -0.05) is 18.9 Å². The van der Waals surface area contributed by atoms with E-state index >= 15 is 0 Å². The standard InChI is InChI=1S/C21H22N2O2/c1-14-17-13-15(21(24)25-2)10-11-19(17)23(16-7-3-4-8-16)20(14)18-9-5-6-12-22-18/h5-6,9-13,16H,3-4,7-8H2,1-2H3. The summed E-state index contributed by atoms with van der Waals surface area (Å²) in [7, 11) is 1.42. The number of fused-ring (bicyclic) bond motifs is 1. The minimum atomic E-state index is -0.297. The van der Waals surface area contributed by atoms with Crippen molar-refractivity contribution in [2.24, 2.45) is 0 Å². The molecule has 3 aromatic rings. The first-order valence-electron chi connectivity index (χ1n) is 8.85. The Hall–Kier alpha value is -2.62. The molecule has 0 aliphatic heterocycles. The van der Waals surface area contributed by atoms with Crippen molar-refractivity contribution in [1.29, 1.82) is 0 Å². The van der Waals surface area contributed by atoms with Crippen molar-refractivity contribution in [1.82, 2.24) is 9.55 Å². The monoisotopic (exact) mass is 334 g/mol. The van der Waals surface area contributed by atoms with Gasteiger partial charge in [0.2, 0.25) is 0 Å². The molecule has 0 spiro atoms. The SMILES string of the molecule is COC(=O)c1ccc2c(c1)c(C)c(-c1ccccn1)n2C1CCCC1. The fraction of sp³-hybridized carbons (Fsp3) is 0.333. The zero-order chi connectivity index (χ0) is 17.4. The van der Waals surface area contributed by atoms with Gasteiger partial charge in [0.25, 0.3) is 0 Å². The number of benzene rings is 1. The second-order valence-corrected chi connectivity index (χ2v) is 6.72. The highest BCUT2D eigenvalue weighted by atomic mass is 16.5. The zero-order valence-corrected chi connectivity index (χ0v) is 14.7. The lowest BCUT2D eigenvalue weighted by Gasteiger charge is -2.18. The van der Waals surface area contributed by atoms with Gasteiger partial charge in [-0.2, -0.15) is 0 Å². The molecule has 0 amide bonds. The predicted octanol–water partition coefficient (Wildman–Crippen LogP) is 4.91. The molecule has 0 unspecified atom stereocenters. The Morgan fingerprint density at radius 2 is 2.00 bits per heavy atom. The second-order valence-electron chi connectivity index (χ2n) is 6.72. The van der Waals surface area contributed by atoms with Crippen LogP contribution in [0.25, 0.3) is 22.3 Å². The Morgan fingerprint density at radius 3 is 2.68 bits per heavy atom.